The van der Waals surface area contributed by atoms with Gasteiger partial charge in [0, 0.05) is 27.7 Å². The van der Waals surface area contributed by atoms with Crippen LogP contribution in [0, 0.1) is 34.0 Å². The van der Waals surface area contributed by atoms with E-state index in [1.807, 2.05) is 6.92 Å². The summed E-state index contributed by atoms with van der Waals surface area (Å²) in [7, 11) is 1.26. The van der Waals surface area contributed by atoms with Gasteiger partial charge in [0.1, 0.15) is 12.0 Å². The first-order valence-electron chi connectivity index (χ1n) is 12.5. The highest BCUT2D eigenvalue weighted by Crippen LogP contribution is 2.70. The van der Waals surface area contributed by atoms with Gasteiger partial charge in [-0.05, 0) is 31.2 Å². The van der Waals surface area contributed by atoms with Crippen LogP contribution in [-0.2, 0) is 28.7 Å². The Morgan fingerprint density at radius 1 is 1.11 bits per heavy atom. The summed E-state index contributed by atoms with van der Waals surface area (Å²) in [6.45, 7) is 6.95. The van der Waals surface area contributed by atoms with E-state index in [2.05, 4.69) is 0 Å². The molecule has 36 heavy (non-hydrogen) atoms. The number of hydrogen-bond donors (Lipinski definition) is 2. The predicted molar refractivity (Wildman–Crippen MR) is 123 cm³/mol. The zero-order valence-corrected chi connectivity index (χ0v) is 21.3. The van der Waals surface area contributed by atoms with Crippen molar-refractivity contribution in [1.29, 1.82) is 0 Å². The van der Waals surface area contributed by atoms with Gasteiger partial charge < -0.3 is 24.1 Å². The van der Waals surface area contributed by atoms with E-state index in [4.69, 9.17) is 13.9 Å². The smallest absolute Gasteiger partial charge is 0.309 e. The maximum Gasteiger partial charge on any atom is 0.309 e. The second kappa shape index (κ2) is 7.51. The summed E-state index contributed by atoms with van der Waals surface area (Å²) in [6.07, 6.45) is 1.91. The quantitative estimate of drug-likeness (QED) is 0.471. The molecule has 2 heterocycles. The molecule has 1 aromatic rings. The van der Waals surface area contributed by atoms with E-state index in [0.29, 0.717) is 5.56 Å². The van der Waals surface area contributed by atoms with E-state index in [9.17, 15) is 29.4 Å². The van der Waals surface area contributed by atoms with Crippen molar-refractivity contribution in [2.45, 2.75) is 77.1 Å². The summed E-state index contributed by atoms with van der Waals surface area (Å²) in [5.74, 6) is -5.05. The molecular weight excluding hydrogens is 468 g/mol. The van der Waals surface area contributed by atoms with Gasteiger partial charge in [0.15, 0.2) is 11.6 Å². The Balaban J connectivity index is 1.67. The molecule has 0 spiro atoms. The summed E-state index contributed by atoms with van der Waals surface area (Å²) in [5, 5.41) is 24.6. The molecule has 9 nitrogen and oxygen atoms in total. The Bertz CT molecular complexity index is 1130. The van der Waals surface area contributed by atoms with E-state index in [0.717, 1.165) is 0 Å². The van der Waals surface area contributed by atoms with Crippen LogP contribution >= 0.6 is 0 Å². The SMILES string of the molecule is COC(=O)C[C@H]1C(C)(C)C(=O)[C@H]2C(=O)[C@]1(C)C[C@H]1[C@@]2(O)CC[C@@]2(C)[C@H](c3ccoc3)OC(=O)C[C@]12O. The van der Waals surface area contributed by atoms with E-state index >= 15 is 0 Å². The van der Waals surface area contributed by atoms with Gasteiger partial charge in [-0.3, -0.25) is 19.2 Å². The number of hydrogen-bond acceptors (Lipinski definition) is 9. The first-order chi connectivity index (χ1) is 16.7. The van der Waals surface area contributed by atoms with Gasteiger partial charge in [-0.2, -0.15) is 0 Å². The fourth-order valence-corrected chi connectivity index (χ4v) is 8.23. The van der Waals surface area contributed by atoms with Crippen molar-refractivity contribution in [3.8, 4) is 0 Å². The summed E-state index contributed by atoms with van der Waals surface area (Å²) < 4.78 is 15.8. The Hall–Kier alpha value is -2.52. The zero-order chi connectivity index (χ0) is 26.5. The molecule has 0 aromatic carbocycles. The number of aliphatic hydroxyl groups is 2. The number of fused-ring (bicyclic) bond motifs is 6. The number of methoxy groups -OCH3 is 1. The third-order valence-electron chi connectivity index (χ3n) is 10.4. The molecule has 1 aromatic heterocycles. The standard InChI is InChI=1S/C27H34O9/c1-23(2)15(10-17(28)34-5)24(3)11-16-26(32,19(20(23)30)21(24)31)8-7-25(4)22(14-6-9-35-13-14)36-18(29)12-27(16,25)33/h6,9,13,15-16,19,22,32-33H,7-8,10-12H2,1-5H3/t15-,16-,19-,22-,24+,25-,26-,27-/m0/s1. The number of furan rings is 1. The normalized spacial score (nSPS) is 45.4. The molecule has 196 valence electrons. The van der Waals surface area contributed by atoms with Crippen LogP contribution in [0.25, 0.3) is 0 Å². The Kier molecular flexibility index (Phi) is 5.24. The topological polar surface area (TPSA) is 140 Å². The first kappa shape index (κ1) is 25.1. The summed E-state index contributed by atoms with van der Waals surface area (Å²) in [6, 6.07) is 1.68. The van der Waals surface area contributed by atoms with Crippen molar-refractivity contribution in [1.82, 2.24) is 0 Å². The van der Waals surface area contributed by atoms with E-state index in [1.165, 1.54) is 19.6 Å². The van der Waals surface area contributed by atoms with Crippen molar-refractivity contribution in [2.75, 3.05) is 7.11 Å². The molecule has 3 aliphatic carbocycles. The molecule has 9 heteroatoms. The fraction of sp³-hybridized carbons (Fsp3) is 0.704. The number of rotatable bonds is 3. The number of esters is 2. The van der Waals surface area contributed by atoms with Gasteiger partial charge >= 0.3 is 11.9 Å². The van der Waals surface area contributed by atoms with Crippen LogP contribution in [0.3, 0.4) is 0 Å². The number of ketones is 2. The zero-order valence-electron chi connectivity index (χ0n) is 21.3. The van der Waals surface area contributed by atoms with Crippen LogP contribution in [0.4, 0.5) is 0 Å². The van der Waals surface area contributed by atoms with E-state index in [-0.39, 0.29) is 32.1 Å². The Morgan fingerprint density at radius 3 is 2.42 bits per heavy atom. The van der Waals surface area contributed by atoms with Gasteiger partial charge in [-0.15, -0.1) is 0 Å². The van der Waals surface area contributed by atoms with Crippen molar-refractivity contribution in [2.24, 2.45) is 34.0 Å². The molecule has 4 aliphatic rings. The summed E-state index contributed by atoms with van der Waals surface area (Å²) in [4.78, 5) is 53.0. The molecule has 1 aliphatic heterocycles. The molecule has 0 radical (unpaired) electrons. The van der Waals surface area contributed by atoms with Gasteiger partial charge in [-0.25, -0.2) is 0 Å². The van der Waals surface area contributed by atoms with Gasteiger partial charge in [0.25, 0.3) is 0 Å². The Labute approximate surface area is 209 Å². The minimum Gasteiger partial charge on any atom is -0.472 e. The molecule has 0 amide bonds. The molecule has 8 atom stereocenters. The van der Waals surface area contributed by atoms with Crippen molar-refractivity contribution in [3.63, 3.8) is 0 Å². The summed E-state index contributed by atoms with van der Waals surface area (Å²) in [5.41, 5.74) is -6.30. The lowest BCUT2D eigenvalue weighted by Gasteiger charge is -2.68. The van der Waals surface area contributed by atoms with Gasteiger partial charge in [0.2, 0.25) is 0 Å². The molecule has 4 fully saturated rings. The van der Waals surface area contributed by atoms with Crippen LogP contribution in [0.15, 0.2) is 23.0 Å². The van der Waals surface area contributed by atoms with Crippen molar-refractivity contribution >= 4 is 23.5 Å². The lowest BCUT2D eigenvalue weighted by molar-refractivity contribution is -0.297. The molecule has 0 unspecified atom stereocenters. The largest absolute Gasteiger partial charge is 0.472 e. The third kappa shape index (κ3) is 2.90. The fourth-order valence-electron chi connectivity index (χ4n) is 8.23. The van der Waals surface area contributed by atoms with Crippen molar-refractivity contribution in [3.05, 3.63) is 24.2 Å². The summed E-state index contributed by atoms with van der Waals surface area (Å²) >= 11 is 0. The van der Waals surface area contributed by atoms with E-state index < -0.39 is 74.8 Å². The van der Waals surface area contributed by atoms with Crippen LogP contribution in [-0.4, -0.2) is 52.0 Å². The van der Waals surface area contributed by atoms with Gasteiger partial charge in [-0.1, -0.05) is 27.7 Å². The highest BCUT2D eigenvalue weighted by Gasteiger charge is 2.78. The lowest BCUT2D eigenvalue weighted by atomic mass is 9.37. The molecule has 2 bridgehead atoms. The van der Waals surface area contributed by atoms with Gasteiger partial charge in [0.05, 0.1) is 43.7 Å². The predicted octanol–water partition coefficient (Wildman–Crippen LogP) is 2.53. The van der Waals surface area contributed by atoms with Crippen molar-refractivity contribution < 1.29 is 43.3 Å². The minimum atomic E-state index is -1.83. The number of carbonyl (C=O) groups is 4. The molecule has 3 saturated carbocycles. The first-order valence-corrected chi connectivity index (χ1v) is 12.5. The molecule has 5 rings (SSSR count). The van der Waals surface area contributed by atoms with Crippen LogP contribution in [0.5, 0.6) is 0 Å². The highest BCUT2D eigenvalue weighted by atomic mass is 16.6. The molecular formula is C27H34O9. The van der Waals surface area contributed by atoms with Crippen LogP contribution < -0.4 is 0 Å². The number of cyclic esters (lactones) is 1. The number of ether oxygens (including phenoxy) is 2. The maximum atomic E-state index is 13.9. The monoisotopic (exact) mass is 502 g/mol. The average molecular weight is 503 g/mol. The molecule has 2 N–H and O–H groups in total. The molecule has 1 saturated heterocycles. The number of carbonyl (C=O) groups excluding carboxylic acids is 4. The lowest BCUT2D eigenvalue weighted by Crippen LogP contribution is -2.78. The third-order valence-corrected chi connectivity index (χ3v) is 10.4. The second-order valence-corrected chi connectivity index (χ2v) is 12.3. The van der Waals surface area contributed by atoms with Crippen LogP contribution in [0.1, 0.15) is 71.5 Å². The second-order valence-electron chi connectivity index (χ2n) is 12.3. The highest BCUT2D eigenvalue weighted by molar-refractivity contribution is 6.12. The minimum absolute atomic E-state index is 0.0225. The van der Waals surface area contributed by atoms with E-state index in [1.54, 1.807) is 26.8 Å². The van der Waals surface area contributed by atoms with Crippen LogP contribution in [0.2, 0.25) is 0 Å². The Morgan fingerprint density at radius 2 is 1.81 bits per heavy atom. The maximum absolute atomic E-state index is 13.9. The average Bonchev–Trinajstić information content (AvgIpc) is 3.34. The number of Topliss-reactive ketones (excluding diaryl/α,β-unsaturated/α-hetero) is 2.